The normalized spacial score (nSPS) is 12.6. The van der Waals surface area contributed by atoms with Gasteiger partial charge in [-0.25, -0.2) is 0 Å². The summed E-state index contributed by atoms with van der Waals surface area (Å²) in [5, 5.41) is 3.73. The van der Waals surface area contributed by atoms with E-state index in [2.05, 4.69) is 81.5 Å². The lowest BCUT2D eigenvalue weighted by Gasteiger charge is -2.24. The molecule has 0 fully saturated rings. The molecular formula is C20H27N. The summed E-state index contributed by atoms with van der Waals surface area (Å²) >= 11 is 0. The molecule has 2 aromatic rings. The zero-order valence-corrected chi connectivity index (χ0v) is 13.7. The monoisotopic (exact) mass is 281 g/mol. The molecule has 1 atom stereocenters. The van der Waals surface area contributed by atoms with Crippen molar-refractivity contribution in [3.05, 3.63) is 70.8 Å². The quantitative estimate of drug-likeness (QED) is 0.781. The molecule has 2 rings (SSSR count). The van der Waals surface area contributed by atoms with Gasteiger partial charge in [-0.2, -0.15) is 0 Å². The molecule has 0 aromatic heterocycles. The predicted octanol–water partition coefficient (Wildman–Crippen LogP) is 5.04. The number of aryl methyl sites for hydroxylation is 2. The van der Waals surface area contributed by atoms with Gasteiger partial charge >= 0.3 is 0 Å². The maximum atomic E-state index is 3.73. The van der Waals surface area contributed by atoms with Crippen LogP contribution in [0, 0.1) is 12.8 Å². The number of rotatable bonds is 6. The summed E-state index contributed by atoms with van der Waals surface area (Å²) in [6, 6.07) is 18.0. The molecule has 0 saturated carbocycles. The van der Waals surface area contributed by atoms with E-state index in [1.807, 2.05) is 0 Å². The Kier molecular flexibility index (Phi) is 5.58. The fourth-order valence-corrected chi connectivity index (χ4v) is 2.73. The molecule has 0 spiro atoms. The zero-order valence-electron chi connectivity index (χ0n) is 13.7. The number of benzene rings is 2. The maximum absolute atomic E-state index is 3.73. The minimum Gasteiger partial charge on any atom is -0.306 e. The second-order valence-electron chi connectivity index (χ2n) is 6.12. The lowest BCUT2D eigenvalue weighted by molar-refractivity contribution is 0.410. The van der Waals surface area contributed by atoms with E-state index in [-0.39, 0.29) is 0 Å². The Labute approximate surface area is 129 Å². The van der Waals surface area contributed by atoms with Gasteiger partial charge in [-0.05, 0) is 41.5 Å². The van der Waals surface area contributed by atoms with Gasteiger partial charge in [0, 0.05) is 12.6 Å². The van der Waals surface area contributed by atoms with Crippen LogP contribution in [-0.2, 0) is 13.0 Å². The molecule has 0 aliphatic rings. The summed E-state index contributed by atoms with van der Waals surface area (Å²) in [6.45, 7) is 9.86. The Morgan fingerprint density at radius 1 is 0.952 bits per heavy atom. The third-order valence-corrected chi connectivity index (χ3v) is 4.19. The third-order valence-electron chi connectivity index (χ3n) is 4.19. The highest BCUT2D eigenvalue weighted by atomic mass is 14.9. The lowest BCUT2D eigenvalue weighted by atomic mass is 9.94. The Morgan fingerprint density at radius 3 is 2.19 bits per heavy atom. The first-order valence-corrected chi connectivity index (χ1v) is 7.98. The fourth-order valence-electron chi connectivity index (χ4n) is 2.73. The van der Waals surface area contributed by atoms with Crippen LogP contribution in [0.4, 0.5) is 0 Å². The first kappa shape index (κ1) is 15.8. The molecule has 112 valence electrons. The fraction of sp³-hybridized carbons (Fsp3) is 0.400. The Morgan fingerprint density at radius 2 is 1.62 bits per heavy atom. The first-order valence-electron chi connectivity index (χ1n) is 7.98. The molecule has 0 aliphatic carbocycles. The summed E-state index contributed by atoms with van der Waals surface area (Å²) in [4.78, 5) is 0. The molecule has 0 heterocycles. The van der Waals surface area contributed by atoms with E-state index in [1.54, 1.807) is 0 Å². The highest BCUT2D eigenvalue weighted by Gasteiger charge is 2.15. The molecule has 0 bridgehead atoms. The van der Waals surface area contributed by atoms with Crippen molar-refractivity contribution in [2.24, 2.45) is 5.92 Å². The van der Waals surface area contributed by atoms with E-state index >= 15 is 0 Å². The molecular weight excluding hydrogens is 254 g/mol. The van der Waals surface area contributed by atoms with Crippen molar-refractivity contribution in [3.63, 3.8) is 0 Å². The van der Waals surface area contributed by atoms with Crippen LogP contribution in [0.3, 0.4) is 0 Å². The van der Waals surface area contributed by atoms with Crippen LogP contribution < -0.4 is 5.32 Å². The van der Waals surface area contributed by atoms with Gasteiger partial charge in [0.25, 0.3) is 0 Å². The van der Waals surface area contributed by atoms with Crippen molar-refractivity contribution in [2.75, 3.05) is 0 Å². The average Bonchev–Trinajstić information content (AvgIpc) is 2.49. The molecule has 1 nitrogen and oxygen atoms in total. The summed E-state index contributed by atoms with van der Waals surface area (Å²) in [5.41, 5.74) is 5.53. The Bertz CT molecular complexity index is 554. The summed E-state index contributed by atoms with van der Waals surface area (Å²) in [7, 11) is 0. The number of hydrogen-bond donors (Lipinski definition) is 1. The van der Waals surface area contributed by atoms with E-state index in [0.29, 0.717) is 12.0 Å². The van der Waals surface area contributed by atoms with Crippen LogP contribution in [0.1, 0.15) is 49.1 Å². The van der Waals surface area contributed by atoms with Crippen molar-refractivity contribution < 1.29 is 0 Å². The van der Waals surface area contributed by atoms with Gasteiger partial charge in [0.05, 0.1) is 0 Å². The average molecular weight is 281 g/mol. The van der Waals surface area contributed by atoms with E-state index < -0.39 is 0 Å². The van der Waals surface area contributed by atoms with Gasteiger partial charge in [-0.15, -0.1) is 0 Å². The van der Waals surface area contributed by atoms with Crippen LogP contribution >= 0.6 is 0 Å². The smallest absolute Gasteiger partial charge is 0.0346 e. The molecule has 0 amide bonds. The maximum Gasteiger partial charge on any atom is 0.0346 e. The van der Waals surface area contributed by atoms with Gasteiger partial charge in [0.15, 0.2) is 0 Å². The van der Waals surface area contributed by atoms with E-state index in [9.17, 15) is 0 Å². The summed E-state index contributed by atoms with van der Waals surface area (Å²) in [6.07, 6.45) is 1.10. The van der Waals surface area contributed by atoms with E-state index in [0.717, 1.165) is 13.0 Å². The highest BCUT2D eigenvalue weighted by molar-refractivity contribution is 5.27. The zero-order chi connectivity index (χ0) is 15.2. The van der Waals surface area contributed by atoms with Crippen molar-refractivity contribution in [1.29, 1.82) is 0 Å². The molecule has 0 radical (unpaired) electrons. The topological polar surface area (TPSA) is 12.0 Å². The minimum atomic E-state index is 0.399. The second kappa shape index (κ2) is 7.42. The second-order valence-corrected chi connectivity index (χ2v) is 6.12. The predicted molar refractivity (Wildman–Crippen MR) is 91.4 cm³/mol. The summed E-state index contributed by atoms with van der Waals surface area (Å²) < 4.78 is 0. The van der Waals surface area contributed by atoms with Crippen LogP contribution in [0.15, 0.2) is 48.5 Å². The number of nitrogens with one attached hydrogen (secondary N) is 1. The molecule has 0 aliphatic heterocycles. The minimum absolute atomic E-state index is 0.399. The van der Waals surface area contributed by atoms with Crippen LogP contribution in [0.5, 0.6) is 0 Å². The van der Waals surface area contributed by atoms with Crippen molar-refractivity contribution in [3.8, 4) is 0 Å². The highest BCUT2D eigenvalue weighted by Crippen LogP contribution is 2.23. The molecule has 1 N–H and O–H groups in total. The van der Waals surface area contributed by atoms with Crippen LogP contribution in [0.2, 0.25) is 0 Å². The van der Waals surface area contributed by atoms with E-state index in [4.69, 9.17) is 0 Å². The standard InChI is InChI=1S/C20H27N/c1-5-17-10-12-18(13-11-17)20(15(2)3)21-14-19-9-7-6-8-16(19)4/h6-13,15,20-21H,5,14H2,1-4H3. The molecule has 1 heteroatoms. The SMILES string of the molecule is CCc1ccc(C(NCc2ccccc2C)C(C)C)cc1. The lowest BCUT2D eigenvalue weighted by Crippen LogP contribution is -2.25. The van der Waals surface area contributed by atoms with Crippen molar-refractivity contribution in [2.45, 2.75) is 46.7 Å². The van der Waals surface area contributed by atoms with Crippen molar-refractivity contribution >= 4 is 0 Å². The summed E-state index contributed by atoms with van der Waals surface area (Å²) in [5.74, 6) is 0.571. The van der Waals surface area contributed by atoms with Gasteiger partial charge in [0.2, 0.25) is 0 Å². The molecule has 2 aromatic carbocycles. The Hall–Kier alpha value is -1.60. The largest absolute Gasteiger partial charge is 0.306 e. The van der Waals surface area contributed by atoms with Crippen LogP contribution in [-0.4, -0.2) is 0 Å². The Balaban J connectivity index is 2.10. The van der Waals surface area contributed by atoms with Gasteiger partial charge in [-0.3, -0.25) is 0 Å². The molecule has 0 saturated heterocycles. The molecule has 1 unspecified atom stereocenters. The van der Waals surface area contributed by atoms with E-state index in [1.165, 1.54) is 22.3 Å². The third kappa shape index (κ3) is 4.18. The van der Waals surface area contributed by atoms with Gasteiger partial charge in [-0.1, -0.05) is 69.3 Å². The van der Waals surface area contributed by atoms with Crippen molar-refractivity contribution in [1.82, 2.24) is 5.32 Å². The van der Waals surface area contributed by atoms with Crippen LogP contribution in [0.25, 0.3) is 0 Å². The first-order chi connectivity index (χ1) is 10.1. The number of hydrogen-bond acceptors (Lipinski definition) is 1. The van der Waals surface area contributed by atoms with Gasteiger partial charge in [0.1, 0.15) is 0 Å². The van der Waals surface area contributed by atoms with Gasteiger partial charge < -0.3 is 5.32 Å². The molecule has 21 heavy (non-hydrogen) atoms.